The number of benzene rings is 1. The van der Waals surface area contributed by atoms with Crippen LogP contribution in [0.2, 0.25) is 0 Å². The van der Waals surface area contributed by atoms with Gasteiger partial charge in [0.25, 0.3) is 0 Å². The number of hydrogen-bond acceptors (Lipinski definition) is 3. The van der Waals surface area contributed by atoms with Gasteiger partial charge < -0.3 is 0 Å². The van der Waals surface area contributed by atoms with Gasteiger partial charge in [-0.15, -0.1) is 11.3 Å². The number of Topliss-reactive ketones (excluding diaryl/α,β-unsaturated/α-hetero) is 1. The van der Waals surface area contributed by atoms with E-state index >= 15 is 0 Å². The number of aromatic nitrogens is 1. The Morgan fingerprint density at radius 1 is 1.44 bits per heavy atom. The molecule has 2 nitrogen and oxygen atoms in total. The van der Waals surface area contributed by atoms with E-state index in [1.165, 1.54) is 11.3 Å². The Bertz CT molecular complexity index is 548. The molecule has 0 spiro atoms. The van der Waals surface area contributed by atoms with Gasteiger partial charge in [-0.3, -0.25) is 4.79 Å². The van der Waals surface area contributed by atoms with Crippen LogP contribution in [0, 0.1) is 6.92 Å². The summed E-state index contributed by atoms with van der Waals surface area (Å²) in [6.45, 7) is 3.59. The second-order valence-corrected chi connectivity index (χ2v) is 5.43. The molecular formula is C12H10BrNOS. The Kier molecular flexibility index (Phi) is 3.21. The van der Waals surface area contributed by atoms with Crippen molar-refractivity contribution in [2.45, 2.75) is 13.8 Å². The van der Waals surface area contributed by atoms with Crippen LogP contribution >= 0.6 is 27.3 Å². The smallest absolute Gasteiger partial charge is 0.171 e. The van der Waals surface area contributed by atoms with E-state index in [0.717, 1.165) is 20.6 Å². The van der Waals surface area contributed by atoms with E-state index in [9.17, 15) is 4.79 Å². The molecule has 0 saturated heterocycles. The minimum absolute atomic E-state index is 0.0672. The number of nitrogens with zero attached hydrogens (tertiary/aromatic N) is 1. The van der Waals surface area contributed by atoms with E-state index in [0.29, 0.717) is 4.88 Å². The quantitative estimate of drug-likeness (QED) is 0.781. The maximum absolute atomic E-state index is 11.2. The number of halogens is 1. The van der Waals surface area contributed by atoms with Crippen LogP contribution in [0.4, 0.5) is 0 Å². The first-order chi connectivity index (χ1) is 7.58. The van der Waals surface area contributed by atoms with Crippen LogP contribution in [0.25, 0.3) is 10.6 Å². The van der Waals surface area contributed by atoms with Gasteiger partial charge in [0.2, 0.25) is 0 Å². The van der Waals surface area contributed by atoms with Gasteiger partial charge >= 0.3 is 0 Å². The lowest BCUT2D eigenvalue weighted by molar-refractivity contribution is 0.102. The molecular weight excluding hydrogens is 286 g/mol. The van der Waals surface area contributed by atoms with Crippen molar-refractivity contribution in [2.24, 2.45) is 0 Å². The number of thiazole rings is 1. The van der Waals surface area contributed by atoms with Crippen molar-refractivity contribution in [1.29, 1.82) is 0 Å². The van der Waals surface area contributed by atoms with E-state index in [1.54, 1.807) is 13.1 Å². The molecule has 16 heavy (non-hydrogen) atoms. The van der Waals surface area contributed by atoms with E-state index in [2.05, 4.69) is 27.0 Å². The molecule has 1 heterocycles. The Morgan fingerprint density at radius 3 is 2.75 bits per heavy atom. The average molecular weight is 296 g/mol. The molecule has 0 saturated carbocycles. The fourth-order valence-electron chi connectivity index (χ4n) is 1.35. The van der Waals surface area contributed by atoms with Crippen LogP contribution in [-0.4, -0.2) is 10.8 Å². The van der Waals surface area contributed by atoms with Crippen LogP contribution in [0.5, 0.6) is 0 Å². The standard InChI is InChI=1S/C12H10BrNOS/c1-7-5-9(3-4-10(7)13)12-14-6-11(16-12)8(2)15/h3-6H,1-2H3. The van der Waals surface area contributed by atoms with Crippen LogP contribution in [0.1, 0.15) is 22.2 Å². The Labute approximate surface area is 106 Å². The first-order valence-electron chi connectivity index (χ1n) is 4.81. The van der Waals surface area contributed by atoms with Gasteiger partial charge in [0, 0.05) is 23.2 Å². The van der Waals surface area contributed by atoms with E-state index in [1.807, 2.05) is 19.1 Å². The maximum atomic E-state index is 11.2. The Hall–Kier alpha value is -1.000. The average Bonchev–Trinajstić information content (AvgIpc) is 2.71. The van der Waals surface area contributed by atoms with Crippen molar-refractivity contribution in [3.8, 4) is 10.6 Å². The summed E-state index contributed by atoms with van der Waals surface area (Å²) in [5.74, 6) is 0.0672. The van der Waals surface area contributed by atoms with Crippen molar-refractivity contribution in [2.75, 3.05) is 0 Å². The molecule has 0 N–H and O–H groups in total. The van der Waals surface area contributed by atoms with Gasteiger partial charge in [0.1, 0.15) is 5.01 Å². The summed E-state index contributed by atoms with van der Waals surface area (Å²) in [5, 5.41) is 0.890. The Morgan fingerprint density at radius 2 is 2.19 bits per heavy atom. The third kappa shape index (κ3) is 2.23. The van der Waals surface area contributed by atoms with Crippen LogP contribution < -0.4 is 0 Å². The van der Waals surface area contributed by atoms with Crippen LogP contribution in [-0.2, 0) is 0 Å². The topological polar surface area (TPSA) is 30.0 Å². The number of hydrogen-bond donors (Lipinski definition) is 0. The molecule has 0 aliphatic heterocycles. The van der Waals surface area contributed by atoms with E-state index < -0.39 is 0 Å². The first kappa shape index (κ1) is 11.5. The summed E-state index contributed by atoms with van der Waals surface area (Å²) in [7, 11) is 0. The fourth-order valence-corrected chi connectivity index (χ4v) is 2.40. The largest absolute Gasteiger partial charge is 0.294 e. The highest BCUT2D eigenvalue weighted by atomic mass is 79.9. The maximum Gasteiger partial charge on any atom is 0.171 e. The van der Waals surface area contributed by atoms with Crippen molar-refractivity contribution in [3.63, 3.8) is 0 Å². The van der Waals surface area contributed by atoms with Gasteiger partial charge in [-0.2, -0.15) is 0 Å². The molecule has 0 aliphatic carbocycles. The van der Waals surface area contributed by atoms with Crippen LogP contribution in [0.15, 0.2) is 28.9 Å². The van der Waals surface area contributed by atoms with Crippen molar-refractivity contribution < 1.29 is 4.79 Å². The van der Waals surface area contributed by atoms with Gasteiger partial charge in [0.15, 0.2) is 5.78 Å². The predicted octanol–water partition coefficient (Wildman–Crippen LogP) is 4.08. The minimum Gasteiger partial charge on any atom is -0.294 e. The lowest BCUT2D eigenvalue weighted by Gasteiger charge is -2.00. The molecule has 0 amide bonds. The van der Waals surface area contributed by atoms with Gasteiger partial charge in [-0.05, 0) is 24.6 Å². The van der Waals surface area contributed by atoms with E-state index in [-0.39, 0.29) is 5.78 Å². The van der Waals surface area contributed by atoms with Crippen molar-refractivity contribution in [1.82, 2.24) is 4.98 Å². The molecule has 0 bridgehead atoms. The summed E-state index contributed by atoms with van der Waals surface area (Å²) >= 11 is 4.89. The molecule has 1 aromatic heterocycles. The van der Waals surface area contributed by atoms with Gasteiger partial charge in [-0.1, -0.05) is 22.0 Å². The number of aryl methyl sites for hydroxylation is 1. The minimum atomic E-state index is 0.0672. The third-order valence-corrected chi connectivity index (χ3v) is 4.29. The molecule has 82 valence electrons. The summed E-state index contributed by atoms with van der Waals surface area (Å²) < 4.78 is 1.08. The number of carbonyl (C=O) groups excluding carboxylic acids is 1. The lowest BCUT2D eigenvalue weighted by atomic mass is 10.1. The normalized spacial score (nSPS) is 10.4. The summed E-state index contributed by atoms with van der Waals surface area (Å²) in [4.78, 5) is 16.1. The number of carbonyl (C=O) groups is 1. The van der Waals surface area contributed by atoms with Crippen molar-refractivity contribution >= 4 is 33.0 Å². The van der Waals surface area contributed by atoms with Gasteiger partial charge in [0.05, 0.1) is 4.88 Å². The Balaban J connectivity index is 2.42. The van der Waals surface area contributed by atoms with Crippen molar-refractivity contribution in [3.05, 3.63) is 39.3 Å². The summed E-state index contributed by atoms with van der Waals surface area (Å²) in [6.07, 6.45) is 1.64. The fraction of sp³-hybridized carbons (Fsp3) is 0.167. The van der Waals surface area contributed by atoms with Gasteiger partial charge in [-0.25, -0.2) is 4.98 Å². The molecule has 1 aromatic carbocycles. The molecule has 0 unspecified atom stereocenters. The molecule has 4 heteroatoms. The second kappa shape index (κ2) is 4.47. The SMILES string of the molecule is CC(=O)c1cnc(-c2ccc(Br)c(C)c2)s1. The molecule has 2 aromatic rings. The number of ketones is 1. The zero-order valence-corrected chi connectivity index (χ0v) is 11.4. The zero-order valence-electron chi connectivity index (χ0n) is 8.95. The molecule has 0 radical (unpaired) electrons. The lowest BCUT2D eigenvalue weighted by Crippen LogP contribution is -1.83. The zero-order chi connectivity index (χ0) is 11.7. The second-order valence-electron chi connectivity index (χ2n) is 3.55. The third-order valence-electron chi connectivity index (χ3n) is 2.26. The highest BCUT2D eigenvalue weighted by Gasteiger charge is 2.08. The van der Waals surface area contributed by atoms with E-state index in [4.69, 9.17) is 0 Å². The monoisotopic (exact) mass is 295 g/mol. The predicted molar refractivity (Wildman–Crippen MR) is 70.0 cm³/mol. The van der Waals surface area contributed by atoms with Crippen LogP contribution in [0.3, 0.4) is 0 Å². The molecule has 2 rings (SSSR count). The highest BCUT2D eigenvalue weighted by molar-refractivity contribution is 9.10. The summed E-state index contributed by atoms with van der Waals surface area (Å²) in [5.41, 5.74) is 2.22. The first-order valence-corrected chi connectivity index (χ1v) is 6.42. The highest BCUT2D eigenvalue weighted by Crippen LogP contribution is 2.28. The molecule has 0 aliphatic rings. The molecule has 0 fully saturated rings. The molecule has 0 atom stereocenters. The summed E-state index contributed by atoms with van der Waals surface area (Å²) in [6, 6.07) is 6.06. The number of rotatable bonds is 2.